The Morgan fingerprint density at radius 3 is 2.81 bits per heavy atom. The number of anilines is 1. The maximum absolute atomic E-state index is 14.4. The number of amidine groups is 1. The molecule has 3 rings (SSSR count). The molecule has 2 aromatic rings. The van der Waals surface area contributed by atoms with Gasteiger partial charge >= 0.3 is 5.92 Å². The molecule has 1 aliphatic heterocycles. The van der Waals surface area contributed by atoms with Crippen molar-refractivity contribution in [3.63, 3.8) is 0 Å². The van der Waals surface area contributed by atoms with Crippen molar-refractivity contribution in [2.45, 2.75) is 25.1 Å². The van der Waals surface area contributed by atoms with Gasteiger partial charge in [-0.2, -0.15) is 8.78 Å². The molecule has 0 spiro atoms. The first kappa shape index (κ1) is 18.7. The number of rotatable bonds is 4. The third-order valence-electron chi connectivity index (χ3n) is 4.08. The molecule has 0 unspecified atom stereocenters. The second-order valence-corrected chi connectivity index (χ2v) is 5.90. The Hall–Kier alpha value is -3.11. The second-order valence-electron chi connectivity index (χ2n) is 5.90. The number of oxazole rings is 1. The summed E-state index contributed by atoms with van der Waals surface area (Å²) >= 11 is 0. The largest absolute Gasteiger partial charge is 0.448 e. The van der Waals surface area contributed by atoms with E-state index in [1.54, 1.807) is 0 Å². The number of halogens is 4. The third-order valence-corrected chi connectivity index (χ3v) is 4.08. The normalized spacial score (nSPS) is 21.3. The number of hydrogen-bond donors (Lipinski definition) is 2. The minimum absolute atomic E-state index is 0.0112. The Balaban J connectivity index is 1.92. The van der Waals surface area contributed by atoms with E-state index < -0.39 is 48.1 Å². The van der Waals surface area contributed by atoms with Crippen molar-refractivity contribution >= 4 is 17.6 Å². The van der Waals surface area contributed by atoms with E-state index in [4.69, 9.17) is 14.9 Å². The van der Waals surface area contributed by atoms with Crippen LogP contribution in [0.2, 0.25) is 0 Å². The van der Waals surface area contributed by atoms with E-state index in [9.17, 15) is 22.4 Å². The molecule has 2 heterocycles. The van der Waals surface area contributed by atoms with Gasteiger partial charge in [0.25, 0.3) is 11.9 Å². The molecule has 1 aromatic carbocycles. The van der Waals surface area contributed by atoms with Gasteiger partial charge < -0.3 is 20.2 Å². The van der Waals surface area contributed by atoms with Gasteiger partial charge in [0.05, 0.1) is 0 Å². The molecule has 0 saturated carbocycles. The number of carbonyl (C=O) groups is 1. The lowest BCUT2D eigenvalue weighted by atomic mass is 9.87. The van der Waals surface area contributed by atoms with Gasteiger partial charge in [0.1, 0.15) is 18.6 Å². The summed E-state index contributed by atoms with van der Waals surface area (Å²) in [4.78, 5) is 19.0. The fraction of sp³-hybridized carbons (Fsp3) is 0.312. The van der Waals surface area contributed by atoms with Crippen molar-refractivity contribution in [2.24, 2.45) is 10.7 Å². The predicted molar refractivity (Wildman–Crippen MR) is 85.5 cm³/mol. The van der Waals surface area contributed by atoms with Crippen LogP contribution >= 0.6 is 0 Å². The van der Waals surface area contributed by atoms with Crippen LogP contribution in [0.15, 0.2) is 33.9 Å². The van der Waals surface area contributed by atoms with Gasteiger partial charge in [-0.25, -0.2) is 18.8 Å². The standard InChI is InChI=1S/C16H14F4N4O3/c1-15(16(19,20)7-22-14(21)27-15)9-4-8(2-3-10(9)18)23-13(25)11-6-26-12(5-17)24-11/h2-4,6H,5,7H2,1H3,(H2,21,22)(H,23,25)/t15-/m1/s1. The topological polar surface area (TPSA) is 103 Å². The number of carbonyl (C=O) groups excluding carboxylic acids is 1. The van der Waals surface area contributed by atoms with E-state index in [0.29, 0.717) is 0 Å². The van der Waals surface area contributed by atoms with Crippen molar-refractivity contribution in [3.05, 3.63) is 47.4 Å². The monoisotopic (exact) mass is 386 g/mol. The van der Waals surface area contributed by atoms with Crippen molar-refractivity contribution in [1.82, 2.24) is 4.98 Å². The number of benzene rings is 1. The number of hydrogen-bond acceptors (Lipinski definition) is 6. The van der Waals surface area contributed by atoms with Crippen molar-refractivity contribution < 1.29 is 31.5 Å². The van der Waals surface area contributed by atoms with E-state index in [-0.39, 0.29) is 17.3 Å². The first-order valence-corrected chi connectivity index (χ1v) is 7.65. The van der Waals surface area contributed by atoms with Gasteiger partial charge in [-0.1, -0.05) is 0 Å². The van der Waals surface area contributed by atoms with Gasteiger partial charge in [-0.05, 0) is 25.1 Å². The predicted octanol–water partition coefficient (Wildman–Crippen LogP) is 2.73. The summed E-state index contributed by atoms with van der Waals surface area (Å²) in [5.41, 5.74) is 2.19. The summed E-state index contributed by atoms with van der Waals surface area (Å²) in [6.45, 7) is -0.998. The van der Waals surface area contributed by atoms with Crippen LogP contribution in [0.5, 0.6) is 0 Å². The zero-order valence-electron chi connectivity index (χ0n) is 13.9. The molecule has 27 heavy (non-hydrogen) atoms. The highest BCUT2D eigenvalue weighted by molar-refractivity contribution is 6.02. The SMILES string of the molecule is C[C@]1(c2cc(NC(=O)c3coc(CF)n3)ccc2F)OC(N)=NCC1(F)F. The molecule has 1 atom stereocenters. The minimum Gasteiger partial charge on any atom is -0.448 e. The average Bonchev–Trinajstić information content (AvgIpc) is 3.10. The van der Waals surface area contributed by atoms with Crippen molar-refractivity contribution in [3.8, 4) is 0 Å². The zero-order chi connectivity index (χ0) is 19.8. The molecule has 0 aliphatic carbocycles. The highest BCUT2D eigenvalue weighted by atomic mass is 19.3. The molecular formula is C16H14F4N4O3. The number of ether oxygens (including phenoxy) is 1. The molecule has 1 amide bonds. The van der Waals surface area contributed by atoms with Gasteiger partial charge in [-0.3, -0.25) is 4.79 Å². The molecular weight excluding hydrogens is 372 g/mol. The Morgan fingerprint density at radius 2 is 2.15 bits per heavy atom. The maximum atomic E-state index is 14.4. The summed E-state index contributed by atoms with van der Waals surface area (Å²) in [5.74, 6) is -5.62. The Morgan fingerprint density at radius 1 is 1.41 bits per heavy atom. The number of aromatic nitrogens is 1. The van der Waals surface area contributed by atoms with Crippen molar-refractivity contribution in [2.75, 3.05) is 11.9 Å². The molecule has 0 fully saturated rings. The van der Waals surface area contributed by atoms with Gasteiger partial charge in [0.15, 0.2) is 12.4 Å². The smallest absolute Gasteiger partial charge is 0.310 e. The fourth-order valence-corrected chi connectivity index (χ4v) is 2.54. The van der Waals surface area contributed by atoms with E-state index in [0.717, 1.165) is 31.4 Å². The highest BCUT2D eigenvalue weighted by Gasteiger charge is 2.57. The molecule has 0 radical (unpaired) electrons. The van der Waals surface area contributed by atoms with E-state index in [1.807, 2.05) is 0 Å². The van der Waals surface area contributed by atoms with Crippen LogP contribution in [0.1, 0.15) is 28.9 Å². The summed E-state index contributed by atoms with van der Waals surface area (Å²) in [6.07, 6.45) is 0.936. The number of nitrogens with one attached hydrogen (secondary N) is 1. The van der Waals surface area contributed by atoms with Crippen LogP contribution in [-0.2, 0) is 17.0 Å². The summed E-state index contributed by atoms with van der Waals surface area (Å²) in [5, 5.41) is 2.35. The van der Waals surface area contributed by atoms with Crippen molar-refractivity contribution in [1.29, 1.82) is 0 Å². The average molecular weight is 386 g/mol. The number of aliphatic imine (C=N–C) groups is 1. The lowest BCUT2D eigenvalue weighted by Crippen LogP contribution is -2.53. The van der Waals surface area contributed by atoms with Crippen LogP contribution in [0.3, 0.4) is 0 Å². The number of nitrogens with two attached hydrogens (primary N) is 1. The molecule has 1 aromatic heterocycles. The van der Waals surface area contributed by atoms with E-state index in [1.165, 1.54) is 0 Å². The molecule has 3 N–H and O–H groups in total. The molecule has 0 bridgehead atoms. The molecule has 7 nitrogen and oxygen atoms in total. The molecule has 0 saturated heterocycles. The molecule has 1 aliphatic rings. The van der Waals surface area contributed by atoms with Gasteiger partial charge in [0.2, 0.25) is 11.5 Å². The fourth-order valence-electron chi connectivity index (χ4n) is 2.54. The van der Waals surface area contributed by atoms with Gasteiger partial charge in [0, 0.05) is 11.3 Å². The third kappa shape index (κ3) is 3.32. The quantitative estimate of drug-likeness (QED) is 0.787. The summed E-state index contributed by atoms with van der Waals surface area (Å²) in [7, 11) is 0. The van der Waals surface area contributed by atoms with Crippen LogP contribution in [0, 0.1) is 5.82 Å². The van der Waals surface area contributed by atoms with Gasteiger partial charge in [-0.15, -0.1) is 0 Å². The first-order valence-electron chi connectivity index (χ1n) is 7.65. The lowest BCUT2D eigenvalue weighted by molar-refractivity contribution is -0.173. The molecule has 11 heteroatoms. The highest BCUT2D eigenvalue weighted by Crippen LogP contribution is 2.44. The zero-order valence-corrected chi connectivity index (χ0v) is 13.9. The number of alkyl halides is 3. The number of amides is 1. The lowest BCUT2D eigenvalue weighted by Gasteiger charge is -2.39. The second kappa shape index (κ2) is 6.56. The van der Waals surface area contributed by atoms with Crippen LogP contribution < -0.4 is 11.1 Å². The number of nitrogens with zero attached hydrogens (tertiary/aromatic N) is 2. The summed E-state index contributed by atoms with van der Waals surface area (Å²) in [6, 6.07) is 2.55. The van der Waals surface area contributed by atoms with Crippen LogP contribution in [-0.4, -0.2) is 29.4 Å². The van der Waals surface area contributed by atoms with Crippen LogP contribution in [0.4, 0.5) is 23.2 Å². The maximum Gasteiger partial charge on any atom is 0.310 e. The summed E-state index contributed by atoms with van der Waals surface area (Å²) < 4.78 is 65.2. The Labute approximate surface area is 150 Å². The minimum atomic E-state index is -3.55. The van der Waals surface area contributed by atoms with E-state index in [2.05, 4.69) is 15.3 Å². The van der Waals surface area contributed by atoms with E-state index >= 15 is 0 Å². The Kier molecular flexibility index (Phi) is 4.54. The first-order chi connectivity index (χ1) is 12.7. The Bertz CT molecular complexity index is 915. The van der Waals surface area contributed by atoms with Crippen LogP contribution in [0.25, 0.3) is 0 Å². The molecule has 144 valence electrons.